The summed E-state index contributed by atoms with van der Waals surface area (Å²) in [5.74, 6) is 1.44. The lowest BCUT2D eigenvalue weighted by Crippen LogP contribution is -1.98. The van der Waals surface area contributed by atoms with Crippen LogP contribution in [0.25, 0.3) is 44.4 Å². The van der Waals surface area contributed by atoms with Crippen LogP contribution in [0.5, 0.6) is 11.5 Å². The molecule has 0 bridgehead atoms. The van der Waals surface area contributed by atoms with Gasteiger partial charge in [0.15, 0.2) is 0 Å². The number of benzene rings is 4. The first-order valence-electron chi connectivity index (χ1n) is 13.6. The minimum absolute atomic E-state index is 0.348. The number of pyridine rings is 1. The molecule has 4 aromatic carbocycles. The van der Waals surface area contributed by atoms with Gasteiger partial charge in [0, 0.05) is 46.9 Å². The summed E-state index contributed by atoms with van der Waals surface area (Å²) in [7, 11) is 0. The summed E-state index contributed by atoms with van der Waals surface area (Å²) >= 11 is 0. The molecule has 0 spiro atoms. The van der Waals surface area contributed by atoms with Crippen molar-refractivity contribution in [2.24, 2.45) is 0 Å². The fourth-order valence-electron chi connectivity index (χ4n) is 5.78. The maximum absolute atomic E-state index is 14.2. The van der Waals surface area contributed by atoms with Crippen LogP contribution in [0.3, 0.4) is 0 Å². The lowest BCUT2D eigenvalue weighted by molar-refractivity contribution is 0.483. The molecule has 7 heteroatoms. The first kappa shape index (κ1) is 25.7. The van der Waals surface area contributed by atoms with Gasteiger partial charge in [-0.25, -0.2) is 18.4 Å². The zero-order valence-corrected chi connectivity index (χ0v) is 23.1. The Hall–Kier alpha value is -5.30. The Balaban J connectivity index is 1.24. The molecule has 7 rings (SSSR count). The van der Waals surface area contributed by atoms with Crippen molar-refractivity contribution in [3.8, 4) is 34.1 Å². The average Bonchev–Trinajstić information content (AvgIpc) is 3.60. The van der Waals surface area contributed by atoms with E-state index in [-0.39, 0.29) is 5.82 Å². The molecular formula is C35H26F2N4O. The van der Waals surface area contributed by atoms with Gasteiger partial charge in [-0.3, -0.25) is 4.57 Å². The SMILES string of the molecule is Cc1cc(CF)cc(C)c1-c1cnn(-c2cccc(Oc3ccc4c5ccccc5n(-c5cc(F)ccn5)c4c3)c2)c1. The summed E-state index contributed by atoms with van der Waals surface area (Å²) in [6, 6.07) is 28.2. The third-order valence-electron chi connectivity index (χ3n) is 7.52. The molecule has 0 fully saturated rings. The van der Waals surface area contributed by atoms with E-state index in [1.807, 2.05) is 110 Å². The normalized spacial score (nSPS) is 11.4. The van der Waals surface area contributed by atoms with Crippen LogP contribution in [0.1, 0.15) is 16.7 Å². The van der Waals surface area contributed by atoms with Gasteiger partial charge in [0.05, 0.1) is 22.9 Å². The molecule has 3 aromatic heterocycles. The van der Waals surface area contributed by atoms with Crippen LogP contribution >= 0.6 is 0 Å². The highest BCUT2D eigenvalue weighted by molar-refractivity contribution is 6.09. The molecule has 0 unspecified atom stereocenters. The molecule has 0 amide bonds. The van der Waals surface area contributed by atoms with Crippen molar-refractivity contribution in [1.82, 2.24) is 19.3 Å². The highest BCUT2D eigenvalue weighted by atomic mass is 19.1. The van der Waals surface area contributed by atoms with E-state index in [1.54, 1.807) is 4.68 Å². The second-order valence-electron chi connectivity index (χ2n) is 10.4. The standard InChI is InChI=1S/C35H26F2N4O/c1-22-14-24(19-36)15-23(2)35(22)25-20-39-40(21-25)27-6-5-7-28(17-27)42-29-10-11-31-30-8-3-4-9-32(30)41(33(31)18-29)34-16-26(37)12-13-38-34/h3-18,20-21H,19H2,1-2H3. The quantitative estimate of drug-likeness (QED) is 0.205. The maximum atomic E-state index is 14.2. The zero-order valence-electron chi connectivity index (χ0n) is 23.1. The molecule has 0 radical (unpaired) electrons. The summed E-state index contributed by atoms with van der Waals surface area (Å²) in [6.07, 6.45) is 5.27. The van der Waals surface area contributed by atoms with Crippen LogP contribution in [-0.4, -0.2) is 19.3 Å². The minimum Gasteiger partial charge on any atom is -0.457 e. The fourth-order valence-corrected chi connectivity index (χ4v) is 5.78. The number of rotatable bonds is 6. The third-order valence-corrected chi connectivity index (χ3v) is 7.52. The Morgan fingerprint density at radius 2 is 1.57 bits per heavy atom. The molecule has 0 N–H and O–H groups in total. The monoisotopic (exact) mass is 556 g/mol. The number of para-hydroxylation sites is 1. The number of alkyl halides is 1. The smallest absolute Gasteiger partial charge is 0.140 e. The summed E-state index contributed by atoms with van der Waals surface area (Å²) in [6.45, 7) is 3.51. The number of halogens is 2. The van der Waals surface area contributed by atoms with Gasteiger partial charge < -0.3 is 4.74 Å². The molecule has 5 nitrogen and oxygen atoms in total. The van der Waals surface area contributed by atoms with Gasteiger partial charge in [0.2, 0.25) is 0 Å². The molecule has 0 aliphatic carbocycles. The number of hydrogen-bond donors (Lipinski definition) is 0. The summed E-state index contributed by atoms with van der Waals surface area (Å²) in [5, 5.41) is 6.67. The second kappa shape index (κ2) is 10.3. The van der Waals surface area contributed by atoms with E-state index in [1.165, 1.54) is 18.3 Å². The van der Waals surface area contributed by atoms with Crippen molar-refractivity contribution in [2.45, 2.75) is 20.5 Å². The average molecular weight is 557 g/mol. The predicted octanol–water partition coefficient (Wildman–Crippen LogP) is 9.05. The summed E-state index contributed by atoms with van der Waals surface area (Å²) in [4.78, 5) is 4.44. The molecule has 0 saturated heterocycles. The van der Waals surface area contributed by atoms with Gasteiger partial charge in [-0.05, 0) is 72.5 Å². The number of aromatic nitrogens is 4. The van der Waals surface area contributed by atoms with E-state index in [0.717, 1.165) is 49.7 Å². The lowest BCUT2D eigenvalue weighted by atomic mass is 9.96. The Morgan fingerprint density at radius 1 is 0.786 bits per heavy atom. The highest BCUT2D eigenvalue weighted by Crippen LogP contribution is 2.35. The van der Waals surface area contributed by atoms with E-state index >= 15 is 0 Å². The Bertz CT molecular complexity index is 2090. The van der Waals surface area contributed by atoms with Crippen molar-refractivity contribution in [1.29, 1.82) is 0 Å². The van der Waals surface area contributed by atoms with Crippen molar-refractivity contribution in [2.75, 3.05) is 0 Å². The van der Waals surface area contributed by atoms with Gasteiger partial charge in [-0.1, -0.05) is 36.4 Å². The summed E-state index contributed by atoms with van der Waals surface area (Å²) in [5.41, 5.74) is 7.37. The molecule has 206 valence electrons. The van der Waals surface area contributed by atoms with Crippen molar-refractivity contribution < 1.29 is 13.5 Å². The molecule has 7 aromatic rings. The molecule has 0 aliphatic rings. The molecule has 3 heterocycles. The van der Waals surface area contributed by atoms with Crippen LogP contribution in [0.2, 0.25) is 0 Å². The molecule has 42 heavy (non-hydrogen) atoms. The number of ether oxygens (including phenoxy) is 1. The van der Waals surface area contributed by atoms with Gasteiger partial charge >= 0.3 is 0 Å². The Labute approximate surface area is 241 Å². The van der Waals surface area contributed by atoms with E-state index in [0.29, 0.717) is 22.9 Å². The van der Waals surface area contributed by atoms with Crippen molar-refractivity contribution in [3.05, 3.63) is 132 Å². The fraction of sp³-hybridized carbons (Fsp3) is 0.0857. The van der Waals surface area contributed by atoms with Crippen LogP contribution in [0.15, 0.2) is 110 Å². The molecular weight excluding hydrogens is 530 g/mol. The van der Waals surface area contributed by atoms with E-state index in [2.05, 4.69) is 10.1 Å². The second-order valence-corrected chi connectivity index (χ2v) is 10.4. The van der Waals surface area contributed by atoms with Crippen LogP contribution < -0.4 is 4.74 Å². The van der Waals surface area contributed by atoms with Gasteiger partial charge in [-0.15, -0.1) is 0 Å². The van der Waals surface area contributed by atoms with Crippen LogP contribution in [-0.2, 0) is 6.67 Å². The summed E-state index contributed by atoms with van der Waals surface area (Å²) < 4.78 is 37.5. The topological polar surface area (TPSA) is 44.9 Å². The van der Waals surface area contributed by atoms with Crippen molar-refractivity contribution >= 4 is 21.8 Å². The van der Waals surface area contributed by atoms with Gasteiger partial charge in [0.1, 0.15) is 29.8 Å². The molecule has 0 saturated carbocycles. The number of fused-ring (bicyclic) bond motifs is 3. The predicted molar refractivity (Wildman–Crippen MR) is 162 cm³/mol. The lowest BCUT2D eigenvalue weighted by Gasteiger charge is -2.11. The zero-order chi connectivity index (χ0) is 28.8. The molecule has 0 aliphatic heterocycles. The number of hydrogen-bond acceptors (Lipinski definition) is 3. The number of aryl methyl sites for hydroxylation is 2. The maximum Gasteiger partial charge on any atom is 0.140 e. The van der Waals surface area contributed by atoms with Crippen molar-refractivity contribution in [3.63, 3.8) is 0 Å². The Morgan fingerprint density at radius 3 is 2.38 bits per heavy atom. The van der Waals surface area contributed by atoms with E-state index < -0.39 is 6.67 Å². The van der Waals surface area contributed by atoms with E-state index in [4.69, 9.17) is 4.74 Å². The molecule has 0 atom stereocenters. The van der Waals surface area contributed by atoms with Gasteiger partial charge in [-0.2, -0.15) is 5.10 Å². The van der Waals surface area contributed by atoms with Gasteiger partial charge in [0.25, 0.3) is 0 Å². The third kappa shape index (κ3) is 4.49. The minimum atomic E-state index is -0.481. The highest BCUT2D eigenvalue weighted by Gasteiger charge is 2.15. The van der Waals surface area contributed by atoms with E-state index in [9.17, 15) is 8.78 Å². The van der Waals surface area contributed by atoms with Crippen LogP contribution in [0, 0.1) is 19.7 Å². The van der Waals surface area contributed by atoms with Crippen LogP contribution in [0.4, 0.5) is 8.78 Å². The number of nitrogens with zero attached hydrogens (tertiary/aromatic N) is 4. The first-order valence-corrected chi connectivity index (χ1v) is 13.6. The first-order chi connectivity index (χ1) is 20.5. The largest absolute Gasteiger partial charge is 0.457 e. The Kier molecular flexibility index (Phi) is 6.27.